The van der Waals surface area contributed by atoms with E-state index in [0.29, 0.717) is 19.7 Å². The highest BCUT2D eigenvalue weighted by molar-refractivity contribution is 5.90. The Morgan fingerprint density at radius 2 is 1.79 bits per heavy atom. The number of hydrogen-bond donors (Lipinski definition) is 2. The van der Waals surface area contributed by atoms with E-state index in [-0.39, 0.29) is 23.9 Å². The van der Waals surface area contributed by atoms with Crippen molar-refractivity contribution in [2.45, 2.75) is 25.3 Å². The number of amides is 3. The van der Waals surface area contributed by atoms with E-state index in [1.165, 1.54) is 0 Å². The molecule has 3 amide bonds. The molecule has 146 valence electrons. The van der Waals surface area contributed by atoms with Gasteiger partial charge in [-0.2, -0.15) is 0 Å². The third-order valence-electron chi connectivity index (χ3n) is 5.38. The Kier molecular flexibility index (Phi) is 5.46. The van der Waals surface area contributed by atoms with E-state index in [1.807, 2.05) is 54.6 Å². The van der Waals surface area contributed by atoms with Crippen molar-refractivity contribution in [3.05, 3.63) is 60.2 Å². The predicted octanol–water partition coefficient (Wildman–Crippen LogP) is 3.57. The van der Waals surface area contributed by atoms with Gasteiger partial charge in [-0.15, -0.1) is 0 Å². The van der Waals surface area contributed by atoms with Crippen LogP contribution in [0.1, 0.15) is 30.9 Å². The molecule has 0 spiro atoms. The molecule has 0 bridgehead atoms. The minimum atomic E-state index is -0.190. The van der Waals surface area contributed by atoms with Gasteiger partial charge in [0.1, 0.15) is 5.75 Å². The number of nitrogens with zero attached hydrogens (tertiary/aromatic N) is 1. The summed E-state index contributed by atoms with van der Waals surface area (Å²) in [5.74, 6) is 0.663. The average Bonchev–Trinajstić information content (AvgIpc) is 2.75. The Morgan fingerprint density at radius 1 is 1.00 bits per heavy atom. The molecule has 2 aliphatic heterocycles. The lowest BCUT2D eigenvalue weighted by Gasteiger charge is -2.34. The molecule has 0 aliphatic carbocycles. The first-order chi connectivity index (χ1) is 13.7. The van der Waals surface area contributed by atoms with Gasteiger partial charge < -0.3 is 20.3 Å². The lowest BCUT2D eigenvalue weighted by molar-refractivity contribution is -0.127. The molecule has 4 rings (SSSR count). The molecule has 6 nitrogen and oxygen atoms in total. The number of likely N-dealkylation sites (tertiary alicyclic amines) is 1. The molecular weight excluding hydrogens is 354 g/mol. The van der Waals surface area contributed by atoms with Crippen molar-refractivity contribution in [1.82, 2.24) is 10.2 Å². The Morgan fingerprint density at radius 3 is 2.64 bits per heavy atom. The molecule has 1 fully saturated rings. The van der Waals surface area contributed by atoms with Crippen LogP contribution in [0.4, 0.5) is 10.5 Å². The maximum absolute atomic E-state index is 12.9. The van der Waals surface area contributed by atoms with Crippen LogP contribution in [-0.2, 0) is 4.79 Å². The minimum Gasteiger partial charge on any atom is -0.493 e. The third-order valence-corrected chi connectivity index (χ3v) is 5.38. The maximum atomic E-state index is 12.9. The van der Waals surface area contributed by atoms with Gasteiger partial charge in [-0.05, 0) is 31.0 Å². The summed E-state index contributed by atoms with van der Waals surface area (Å²) in [4.78, 5) is 27.2. The lowest BCUT2D eigenvalue weighted by atomic mass is 9.95. The summed E-state index contributed by atoms with van der Waals surface area (Å²) < 4.78 is 5.67. The van der Waals surface area contributed by atoms with Crippen molar-refractivity contribution < 1.29 is 14.3 Å². The van der Waals surface area contributed by atoms with E-state index in [2.05, 4.69) is 10.6 Å². The highest BCUT2D eigenvalue weighted by atomic mass is 16.5. The van der Waals surface area contributed by atoms with Crippen molar-refractivity contribution in [2.24, 2.45) is 5.92 Å². The number of fused-ring (bicyclic) bond motifs is 1. The molecule has 2 aromatic rings. The molecule has 6 heteroatoms. The van der Waals surface area contributed by atoms with Crippen molar-refractivity contribution in [1.29, 1.82) is 0 Å². The summed E-state index contributed by atoms with van der Waals surface area (Å²) in [5, 5.41) is 6.08. The summed E-state index contributed by atoms with van der Waals surface area (Å²) in [7, 11) is 0. The van der Waals surface area contributed by atoms with Gasteiger partial charge in [0.15, 0.2) is 0 Å². The molecule has 0 unspecified atom stereocenters. The topological polar surface area (TPSA) is 70.7 Å². The fraction of sp³-hybridized carbons (Fsp3) is 0.364. The second-order valence-corrected chi connectivity index (χ2v) is 7.32. The number of benzene rings is 2. The Bertz CT molecular complexity index is 840. The summed E-state index contributed by atoms with van der Waals surface area (Å²) in [6.45, 7) is 1.70. The zero-order valence-corrected chi connectivity index (χ0v) is 15.8. The fourth-order valence-corrected chi connectivity index (χ4v) is 3.88. The molecule has 2 aliphatic rings. The number of carbonyl (C=O) groups is 2. The monoisotopic (exact) mass is 379 g/mol. The van der Waals surface area contributed by atoms with Crippen LogP contribution in [0.15, 0.2) is 54.6 Å². The molecule has 2 atom stereocenters. The van der Waals surface area contributed by atoms with Gasteiger partial charge in [0.05, 0.1) is 18.6 Å². The van der Waals surface area contributed by atoms with Gasteiger partial charge in [-0.1, -0.05) is 36.4 Å². The number of anilines is 1. The number of urea groups is 1. The Hall–Kier alpha value is -3.02. The summed E-state index contributed by atoms with van der Waals surface area (Å²) >= 11 is 0. The average molecular weight is 379 g/mol. The quantitative estimate of drug-likeness (QED) is 0.856. The third kappa shape index (κ3) is 4.11. The van der Waals surface area contributed by atoms with Crippen molar-refractivity contribution in [2.75, 3.05) is 25.0 Å². The number of rotatable bonds is 3. The van der Waals surface area contributed by atoms with E-state index >= 15 is 0 Å². The normalized spacial score (nSPS) is 21.2. The summed E-state index contributed by atoms with van der Waals surface area (Å²) in [6, 6.07) is 17.0. The zero-order chi connectivity index (χ0) is 19.3. The first-order valence-electron chi connectivity index (χ1n) is 9.84. The Labute approximate surface area is 164 Å². The van der Waals surface area contributed by atoms with Crippen LogP contribution in [-0.4, -0.2) is 36.5 Å². The zero-order valence-electron chi connectivity index (χ0n) is 15.8. The summed E-state index contributed by atoms with van der Waals surface area (Å²) in [5.41, 5.74) is 1.79. The number of carbonyl (C=O) groups excluding carboxylic acids is 2. The van der Waals surface area contributed by atoms with E-state index in [4.69, 9.17) is 4.74 Å². The van der Waals surface area contributed by atoms with Crippen LogP contribution in [0.2, 0.25) is 0 Å². The first-order valence-corrected chi connectivity index (χ1v) is 9.84. The van der Waals surface area contributed by atoms with Crippen LogP contribution in [0.3, 0.4) is 0 Å². The van der Waals surface area contributed by atoms with Crippen LogP contribution in [0, 0.1) is 5.92 Å². The van der Waals surface area contributed by atoms with Crippen molar-refractivity contribution in [3.8, 4) is 5.75 Å². The first kappa shape index (κ1) is 18.3. The van der Waals surface area contributed by atoms with E-state index in [1.54, 1.807) is 4.90 Å². The molecule has 0 aromatic heterocycles. The Balaban J connectivity index is 1.37. The van der Waals surface area contributed by atoms with Gasteiger partial charge in [0.25, 0.3) is 0 Å². The number of piperidine rings is 1. The summed E-state index contributed by atoms with van der Waals surface area (Å²) in [6.07, 6.45) is 2.38. The van der Waals surface area contributed by atoms with Gasteiger partial charge in [0, 0.05) is 30.8 Å². The van der Waals surface area contributed by atoms with Gasteiger partial charge >= 0.3 is 6.03 Å². The molecule has 0 saturated carbocycles. The maximum Gasteiger partial charge on any atom is 0.321 e. The van der Waals surface area contributed by atoms with Crippen molar-refractivity contribution in [3.63, 3.8) is 0 Å². The number of hydrogen-bond acceptors (Lipinski definition) is 3. The largest absolute Gasteiger partial charge is 0.493 e. The van der Waals surface area contributed by atoms with Gasteiger partial charge in [-0.3, -0.25) is 4.79 Å². The fourth-order valence-electron chi connectivity index (χ4n) is 3.88. The van der Waals surface area contributed by atoms with Gasteiger partial charge in [0.2, 0.25) is 5.91 Å². The number of nitrogens with one attached hydrogen (secondary N) is 2. The molecule has 28 heavy (non-hydrogen) atoms. The number of para-hydroxylation sites is 2. The van der Waals surface area contributed by atoms with Crippen LogP contribution < -0.4 is 15.4 Å². The molecule has 2 N–H and O–H groups in total. The molecule has 0 radical (unpaired) electrons. The second-order valence-electron chi connectivity index (χ2n) is 7.32. The molecule has 1 saturated heterocycles. The second kappa shape index (κ2) is 8.33. The highest BCUT2D eigenvalue weighted by Crippen LogP contribution is 2.32. The molecular formula is C22H25N3O3. The van der Waals surface area contributed by atoms with E-state index in [9.17, 15) is 9.59 Å². The predicted molar refractivity (Wildman–Crippen MR) is 107 cm³/mol. The molecule has 2 heterocycles. The van der Waals surface area contributed by atoms with Crippen LogP contribution in [0.5, 0.6) is 5.75 Å². The minimum absolute atomic E-state index is 0.0129. The van der Waals surface area contributed by atoms with E-state index in [0.717, 1.165) is 36.3 Å². The van der Waals surface area contributed by atoms with Gasteiger partial charge in [-0.25, -0.2) is 4.79 Å². The lowest BCUT2D eigenvalue weighted by Crippen LogP contribution is -2.47. The highest BCUT2D eigenvalue weighted by Gasteiger charge is 2.31. The van der Waals surface area contributed by atoms with Crippen LogP contribution in [0.25, 0.3) is 0 Å². The smallest absolute Gasteiger partial charge is 0.321 e. The standard InChI is InChI=1S/C22H25N3O3/c26-21(24-19-12-14-28-20-11-5-4-10-18(19)20)16-7-6-13-25(15-16)22(27)23-17-8-2-1-3-9-17/h1-5,8-11,16,19H,6-7,12-15H2,(H,23,27)(H,24,26)/t16-,19-/m1/s1. The van der Waals surface area contributed by atoms with E-state index < -0.39 is 0 Å². The van der Waals surface area contributed by atoms with Crippen LogP contribution >= 0.6 is 0 Å². The number of ether oxygens (including phenoxy) is 1. The molecule has 2 aromatic carbocycles. The van der Waals surface area contributed by atoms with Crippen molar-refractivity contribution >= 4 is 17.6 Å². The SMILES string of the molecule is O=C(N[C@@H]1CCOc2ccccc21)[C@@H]1CCCN(C(=O)Nc2ccccc2)C1.